The number of ether oxygens (including phenoxy) is 7. The summed E-state index contributed by atoms with van der Waals surface area (Å²) < 4.78 is 36.9. The average molecular weight is 1850 g/mol. The monoisotopic (exact) mass is 1850 g/mol. The molecule has 0 saturated carbocycles. The fourth-order valence-corrected chi connectivity index (χ4v) is 14.4. The van der Waals surface area contributed by atoms with Crippen molar-refractivity contribution in [1.29, 1.82) is 0 Å². The predicted octanol–water partition coefficient (Wildman–Crippen LogP) is 12.6. The molecule has 0 aliphatic carbocycles. The van der Waals surface area contributed by atoms with Gasteiger partial charge in [0.2, 0.25) is 5.91 Å². The van der Waals surface area contributed by atoms with E-state index in [0.717, 1.165) is 53.9 Å². The molecule has 0 aliphatic rings. The number of nitrogens with two attached hydrogens (primary N) is 1. The highest BCUT2D eigenvalue weighted by molar-refractivity contribution is 5.99. The van der Waals surface area contributed by atoms with Crippen LogP contribution in [-0.4, -0.2) is 235 Å². The van der Waals surface area contributed by atoms with Crippen molar-refractivity contribution in [3.8, 4) is 85.9 Å². The van der Waals surface area contributed by atoms with E-state index in [9.17, 15) is 44.7 Å². The third-order valence-electron chi connectivity index (χ3n) is 20.9. The third-order valence-corrected chi connectivity index (χ3v) is 20.9. The van der Waals surface area contributed by atoms with Crippen molar-refractivity contribution in [2.75, 3.05) is 79.8 Å². The number of rotatable bonds is 25. The number of carbonyl (C=O) groups is 4. The average Bonchev–Trinajstić information content (AvgIpc) is 1.93. The predicted molar refractivity (Wildman–Crippen MR) is 502 cm³/mol. The van der Waals surface area contributed by atoms with E-state index in [1.165, 1.54) is 43.2 Å². The molecule has 1 amide bonds. The topological polar surface area (TPSA) is 539 Å². The number of aromatic hydroxyl groups is 5. The molecule has 0 saturated heterocycles. The Bertz CT molecular complexity index is 7870. The van der Waals surface area contributed by atoms with Crippen LogP contribution in [0.3, 0.4) is 0 Å². The van der Waals surface area contributed by atoms with Crippen molar-refractivity contribution in [3.05, 3.63) is 276 Å². The van der Waals surface area contributed by atoms with Crippen molar-refractivity contribution < 1.29 is 109 Å². The van der Waals surface area contributed by atoms with Crippen LogP contribution < -0.4 is 29.4 Å². The number of carbonyl (C=O) groups excluding carboxylic acids is 3. The van der Waals surface area contributed by atoms with E-state index in [1.807, 2.05) is 48.5 Å². The Kier molecular flexibility index (Phi) is 27.6. The molecule has 39 heteroatoms. The molecule has 0 aliphatic heterocycles. The molecule has 15 aromatic carbocycles. The van der Waals surface area contributed by atoms with Gasteiger partial charge in [-0.05, 0) is 267 Å². The molecular formula is C98H81N17O22. The summed E-state index contributed by atoms with van der Waals surface area (Å²) in [5.41, 5.74) is 14.3. The Morgan fingerprint density at radius 2 is 0.555 bits per heavy atom. The van der Waals surface area contributed by atoms with E-state index in [1.54, 1.807) is 189 Å². The summed E-state index contributed by atoms with van der Waals surface area (Å²) in [4.78, 5) is 56.0. The molecule has 20 rings (SSSR count). The van der Waals surface area contributed by atoms with Crippen molar-refractivity contribution in [2.24, 2.45) is 5.73 Å². The maximum Gasteiger partial charge on any atom is 0.338 e. The molecule has 13 N–H and O–H groups in total. The number of fused-ring (bicyclic) bond motifs is 10. The number of benzene rings is 15. The lowest BCUT2D eigenvalue weighted by Gasteiger charge is -2.08. The van der Waals surface area contributed by atoms with Gasteiger partial charge in [-0.25, -0.2) is 19.2 Å². The van der Waals surface area contributed by atoms with Gasteiger partial charge >= 0.3 is 17.9 Å². The van der Waals surface area contributed by atoms with E-state index in [4.69, 9.17) is 76.1 Å². The molecule has 39 nitrogen and oxygen atoms in total. The van der Waals surface area contributed by atoms with Gasteiger partial charge in [0.1, 0.15) is 174 Å². The first-order valence-corrected chi connectivity index (χ1v) is 42.0. The standard InChI is InChI=1S/C21H19N3O5.C20H17N3O5.C19H16N4O4.C19H14N4O3.C19H15N3O5/c1-2-28-21(27)14-4-6-17-18(10-14)23-24(22-17)19-11-15-9-16(29-8-7-25)5-3-13(15)12-20(19)26;1-27-20(26)13-3-5-16-17(9-13)22-23(21-16)18-10-14-8-15(28-7-6-24)4-2-12(14)11-19(18)25;20-19(26)12-2-4-15-16(8-12)22-23(21-15)17-9-13-7-14(27-6-5-24)3-1-11(13)10-18(17)25;1-20-14-3-5-16-17(11-14)22-23(21-16)18-9-13-8-15(26-7-6-24)4-2-12(13)10-19(18)25;23-5-6-27-14-3-1-11-10-18(24)17(9-13(11)7-14)22-20-15-4-2-12(19(25)26)8-16(15)21-22/h3-6,9-12,25-26H,2,7-8H2,1H3;2-5,8-11,24-25H,6-7H2,1H3;1-4,7-10,24-25H,5-6H2,(H2,20,26);2-5,8-11,24-25H,6-7H2;1-4,7-10,23-24H,5-6H2,(H,25,26). The number of esters is 2. The first kappa shape index (κ1) is 92.1. The van der Waals surface area contributed by atoms with Gasteiger partial charge in [-0.2, -0.15) is 0 Å². The van der Waals surface area contributed by atoms with Gasteiger partial charge in [0.25, 0.3) is 0 Å². The van der Waals surface area contributed by atoms with Crippen LogP contribution in [0, 0.1) is 6.57 Å². The van der Waals surface area contributed by atoms with Crippen LogP contribution in [0.4, 0.5) is 5.69 Å². The molecule has 5 heterocycles. The first-order chi connectivity index (χ1) is 66.4. The van der Waals surface area contributed by atoms with Crippen molar-refractivity contribution in [1.82, 2.24) is 75.0 Å². The first-order valence-electron chi connectivity index (χ1n) is 42.0. The number of hydrogen-bond acceptors (Lipinski definition) is 31. The largest absolute Gasteiger partial charge is 0.506 e. The van der Waals surface area contributed by atoms with Gasteiger partial charge < -0.3 is 95.1 Å². The van der Waals surface area contributed by atoms with E-state index in [2.05, 4.69) is 55.8 Å². The molecule has 0 spiro atoms. The van der Waals surface area contributed by atoms with Gasteiger partial charge in [-0.3, -0.25) is 4.79 Å². The number of phenolic OH excluding ortho intramolecular Hbond substituents is 5. The summed E-state index contributed by atoms with van der Waals surface area (Å²) in [5, 5.41) is 157. The minimum atomic E-state index is -1.05. The zero-order valence-electron chi connectivity index (χ0n) is 72.5. The van der Waals surface area contributed by atoms with Crippen molar-refractivity contribution >= 4 is 139 Å². The van der Waals surface area contributed by atoms with Crippen LogP contribution in [0.1, 0.15) is 48.4 Å². The highest BCUT2D eigenvalue weighted by atomic mass is 16.5. The second kappa shape index (κ2) is 41.1. The quantitative estimate of drug-likeness (QED) is 0.0187. The lowest BCUT2D eigenvalue weighted by Crippen LogP contribution is -2.10. The van der Waals surface area contributed by atoms with Crippen LogP contribution in [0.2, 0.25) is 0 Å². The smallest absolute Gasteiger partial charge is 0.338 e. The van der Waals surface area contributed by atoms with Crippen molar-refractivity contribution in [3.63, 3.8) is 0 Å². The molecule has 5 aromatic heterocycles. The van der Waals surface area contributed by atoms with Crippen molar-refractivity contribution in [2.45, 2.75) is 6.92 Å². The highest BCUT2D eigenvalue weighted by Gasteiger charge is 2.22. The Balaban J connectivity index is 0.000000124. The van der Waals surface area contributed by atoms with E-state index >= 15 is 0 Å². The van der Waals surface area contributed by atoms with Gasteiger partial charge in [-0.1, -0.05) is 36.4 Å². The van der Waals surface area contributed by atoms with Gasteiger partial charge in [0.15, 0.2) is 5.69 Å². The third kappa shape index (κ3) is 20.9. The number of nitrogens with zero attached hydrogens (tertiary/aromatic N) is 16. The number of carboxylic acid groups (broad SMARTS) is 1. The van der Waals surface area contributed by atoms with Gasteiger partial charge in [-0.15, -0.1) is 75.0 Å². The number of aliphatic hydroxyl groups is 5. The van der Waals surface area contributed by atoms with Crippen LogP contribution in [0.25, 0.3) is 142 Å². The molecular weight excluding hydrogens is 1770 g/mol. The van der Waals surface area contributed by atoms with E-state index in [-0.39, 0.29) is 100 Å². The van der Waals surface area contributed by atoms with Gasteiger partial charge in [0.05, 0.1) is 70.0 Å². The SMILES string of the molecule is CCOC(=O)c1ccc2nn(-c3cc4cc(OCCO)ccc4cc3O)nc2c1.COC(=O)c1ccc2nn(-c3cc4cc(OCCO)ccc4cc3O)nc2c1.NC(=O)c1ccc2nn(-c3cc4cc(OCCO)ccc4cc3O)nc2c1.O=C(O)c1ccc2nn(-c3cc4cc(OCCO)ccc4cc3O)nc2c1.[C-]#[N+]c1ccc2nn(-c3cc4cc(OCCO)ccc4cc3O)nc2c1. The molecule has 0 radical (unpaired) electrons. The number of aromatic carboxylic acids is 1. The zero-order valence-corrected chi connectivity index (χ0v) is 72.5. The Labute approximate surface area is 772 Å². The Morgan fingerprint density at radius 1 is 0.307 bits per heavy atom. The van der Waals surface area contributed by atoms with Crippen LogP contribution >= 0.6 is 0 Å². The molecule has 690 valence electrons. The lowest BCUT2D eigenvalue weighted by atomic mass is 10.1. The Hall–Kier alpha value is -18.2. The minimum Gasteiger partial charge on any atom is -0.506 e. The number of phenols is 5. The van der Waals surface area contributed by atoms with Crippen LogP contribution in [-0.2, 0) is 9.47 Å². The second-order valence-electron chi connectivity index (χ2n) is 30.0. The van der Waals surface area contributed by atoms with Crippen LogP contribution in [0.15, 0.2) is 243 Å². The maximum atomic E-state index is 11.9. The molecule has 0 unspecified atom stereocenters. The molecule has 0 bridgehead atoms. The lowest BCUT2D eigenvalue weighted by molar-refractivity contribution is 0.0524. The summed E-state index contributed by atoms with van der Waals surface area (Å²) >= 11 is 0. The number of hydrogen-bond donors (Lipinski definition) is 12. The van der Waals surface area contributed by atoms with Gasteiger partial charge in [0, 0.05) is 5.56 Å². The Morgan fingerprint density at radius 3 is 0.818 bits per heavy atom. The van der Waals surface area contributed by atoms with E-state index < -0.39 is 23.8 Å². The summed E-state index contributed by atoms with van der Waals surface area (Å²) in [7, 11) is 1.31. The molecule has 0 fully saturated rings. The number of methoxy groups -OCH3 is 1. The summed E-state index contributed by atoms with van der Waals surface area (Å²) in [6, 6.07) is 67.9. The normalized spacial score (nSPS) is 11.1. The second-order valence-corrected chi connectivity index (χ2v) is 30.0. The highest BCUT2D eigenvalue weighted by Crippen LogP contribution is 2.38. The number of aliphatic hydroxyl groups excluding tert-OH is 5. The minimum absolute atomic E-state index is 0.00899. The zero-order chi connectivity index (χ0) is 96.1. The molecule has 0 atom stereocenters. The van der Waals surface area contributed by atoms with E-state index in [0.29, 0.717) is 141 Å². The maximum absolute atomic E-state index is 11.9. The summed E-state index contributed by atoms with van der Waals surface area (Å²) in [6.45, 7) is 9.76. The fourth-order valence-electron chi connectivity index (χ4n) is 14.4. The summed E-state index contributed by atoms with van der Waals surface area (Å²) in [5.74, 6) is 0.677. The number of aromatic nitrogens is 15. The fraction of sp³-hybridized carbons (Fsp3) is 0.133. The molecule has 137 heavy (non-hydrogen) atoms. The molecule has 20 aromatic rings. The number of carboxylic acids is 1. The summed E-state index contributed by atoms with van der Waals surface area (Å²) in [6.07, 6.45) is 0. The number of amides is 1. The number of primary amides is 1. The van der Waals surface area contributed by atoms with Crippen LogP contribution in [0.5, 0.6) is 57.5 Å².